The van der Waals surface area contributed by atoms with E-state index in [1.54, 1.807) is 12.1 Å². The van der Waals surface area contributed by atoms with E-state index in [-0.39, 0.29) is 11.7 Å². The lowest BCUT2D eigenvalue weighted by molar-refractivity contribution is -0.120. The number of benzene rings is 2. The maximum absolute atomic E-state index is 13.4. The third-order valence-electron chi connectivity index (χ3n) is 3.99. The number of halogens is 1. The van der Waals surface area contributed by atoms with Crippen molar-refractivity contribution in [3.8, 4) is 0 Å². The molecule has 1 unspecified atom stereocenters. The van der Waals surface area contributed by atoms with E-state index >= 15 is 0 Å². The second-order valence-electron chi connectivity index (χ2n) is 5.86. The summed E-state index contributed by atoms with van der Waals surface area (Å²) in [5.41, 5.74) is 1.93. The number of nitrogens with zero attached hydrogens (tertiary/aromatic N) is 1. The molecule has 1 aliphatic rings. The number of hydrogen-bond acceptors (Lipinski definition) is 2. The molecule has 0 radical (unpaired) electrons. The van der Waals surface area contributed by atoms with Crippen LogP contribution in [0.15, 0.2) is 73.0 Å². The second-order valence-corrected chi connectivity index (χ2v) is 5.86. The zero-order valence-electron chi connectivity index (χ0n) is 13.7. The molecule has 24 heavy (non-hydrogen) atoms. The number of rotatable bonds is 3. The molecule has 0 saturated carbocycles. The van der Waals surface area contributed by atoms with Gasteiger partial charge in [-0.1, -0.05) is 30.3 Å². The number of allylic oxidation sites excluding steroid dienone is 2. The SMILES string of the molecule is CC(=O)NC1(c2ccc(F)cc2)C=CC=CN1c1cccc(C)c1. The van der Waals surface area contributed by atoms with E-state index < -0.39 is 5.66 Å². The highest BCUT2D eigenvalue weighted by Gasteiger charge is 2.37. The molecule has 0 aliphatic carbocycles. The van der Waals surface area contributed by atoms with Gasteiger partial charge in [0.2, 0.25) is 5.91 Å². The number of carbonyl (C=O) groups excluding carboxylic acids is 1. The van der Waals surface area contributed by atoms with Crippen molar-refractivity contribution in [3.05, 3.63) is 89.9 Å². The van der Waals surface area contributed by atoms with Crippen LogP contribution in [0.1, 0.15) is 18.1 Å². The molecular weight excluding hydrogens is 303 g/mol. The summed E-state index contributed by atoms with van der Waals surface area (Å²) in [5.74, 6) is -0.480. The van der Waals surface area contributed by atoms with Crippen LogP contribution >= 0.6 is 0 Å². The highest BCUT2D eigenvalue weighted by Crippen LogP contribution is 2.35. The molecular formula is C20H19FN2O. The fraction of sp³-hybridized carbons (Fsp3) is 0.150. The summed E-state index contributed by atoms with van der Waals surface area (Å²) in [4.78, 5) is 13.9. The summed E-state index contributed by atoms with van der Waals surface area (Å²) in [6.45, 7) is 3.50. The first kappa shape index (κ1) is 16.0. The highest BCUT2D eigenvalue weighted by atomic mass is 19.1. The van der Waals surface area contributed by atoms with Gasteiger partial charge in [-0.05, 0) is 48.9 Å². The van der Waals surface area contributed by atoms with Crippen LogP contribution in [0.4, 0.5) is 10.1 Å². The predicted octanol–water partition coefficient (Wildman–Crippen LogP) is 4.01. The maximum Gasteiger partial charge on any atom is 0.219 e. The first-order valence-electron chi connectivity index (χ1n) is 7.78. The van der Waals surface area contributed by atoms with Gasteiger partial charge in [-0.15, -0.1) is 0 Å². The Morgan fingerprint density at radius 2 is 1.88 bits per heavy atom. The van der Waals surface area contributed by atoms with Crippen molar-refractivity contribution in [2.45, 2.75) is 19.5 Å². The molecule has 0 saturated heterocycles. The molecule has 0 bridgehead atoms. The molecule has 1 atom stereocenters. The van der Waals surface area contributed by atoms with Crippen molar-refractivity contribution in [1.82, 2.24) is 5.32 Å². The van der Waals surface area contributed by atoms with Crippen LogP contribution in [-0.2, 0) is 10.5 Å². The Balaban J connectivity index is 2.17. The fourth-order valence-corrected chi connectivity index (χ4v) is 2.98. The molecule has 2 aromatic carbocycles. The summed E-state index contributed by atoms with van der Waals surface area (Å²) >= 11 is 0. The van der Waals surface area contributed by atoms with Crippen LogP contribution in [-0.4, -0.2) is 5.91 Å². The van der Waals surface area contributed by atoms with Crippen molar-refractivity contribution >= 4 is 11.6 Å². The van der Waals surface area contributed by atoms with Crippen LogP contribution in [0.25, 0.3) is 0 Å². The molecule has 4 heteroatoms. The van der Waals surface area contributed by atoms with Gasteiger partial charge < -0.3 is 10.2 Å². The van der Waals surface area contributed by atoms with Gasteiger partial charge in [-0.25, -0.2) is 4.39 Å². The molecule has 1 aliphatic heterocycles. The summed E-state index contributed by atoms with van der Waals surface area (Å²) in [7, 11) is 0. The standard InChI is InChI=1S/C20H19FN2O/c1-15-6-5-7-19(14-15)23-13-4-3-12-20(23,22-16(2)24)17-8-10-18(21)11-9-17/h3-14H,1-2H3,(H,22,24). The first-order chi connectivity index (χ1) is 11.5. The molecule has 1 heterocycles. The Morgan fingerprint density at radius 1 is 1.12 bits per heavy atom. The van der Waals surface area contributed by atoms with E-state index in [9.17, 15) is 9.18 Å². The minimum Gasteiger partial charge on any atom is -0.326 e. The van der Waals surface area contributed by atoms with Gasteiger partial charge in [0.25, 0.3) is 0 Å². The summed E-state index contributed by atoms with van der Waals surface area (Å²) in [5, 5.41) is 3.03. The normalized spacial score (nSPS) is 19.4. The van der Waals surface area contributed by atoms with E-state index in [0.717, 1.165) is 16.8 Å². The monoisotopic (exact) mass is 322 g/mol. The number of nitrogens with one attached hydrogen (secondary N) is 1. The maximum atomic E-state index is 13.4. The van der Waals surface area contributed by atoms with E-state index in [2.05, 4.69) is 5.32 Å². The van der Waals surface area contributed by atoms with Crippen molar-refractivity contribution < 1.29 is 9.18 Å². The first-order valence-corrected chi connectivity index (χ1v) is 7.78. The lowest BCUT2D eigenvalue weighted by Gasteiger charge is -2.43. The Morgan fingerprint density at radius 3 is 2.54 bits per heavy atom. The highest BCUT2D eigenvalue weighted by molar-refractivity contribution is 5.76. The largest absolute Gasteiger partial charge is 0.326 e. The van der Waals surface area contributed by atoms with Crippen LogP contribution in [0.2, 0.25) is 0 Å². The molecule has 1 amide bonds. The van der Waals surface area contributed by atoms with Gasteiger partial charge in [0.1, 0.15) is 5.82 Å². The Bertz CT molecular complexity index is 811. The van der Waals surface area contributed by atoms with Gasteiger partial charge in [0, 0.05) is 24.4 Å². The van der Waals surface area contributed by atoms with Gasteiger partial charge in [0.15, 0.2) is 5.66 Å². The molecule has 3 nitrogen and oxygen atoms in total. The van der Waals surface area contributed by atoms with Gasteiger partial charge >= 0.3 is 0 Å². The molecule has 0 spiro atoms. The third-order valence-corrected chi connectivity index (χ3v) is 3.99. The van der Waals surface area contributed by atoms with Crippen molar-refractivity contribution in [2.24, 2.45) is 0 Å². The van der Waals surface area contributed by atoms with Gasteiger partial charge in [-0.2, -0.15) is 0 Å². The lowest BCUT2D eigenvalue weighted by atomic mass is 9.93. The number of carbonyl (C=O) groups is 1. The quantitative estimate of drug-likeness (QED) is 0.926. The topological polar surface area (TPSA) is 32.3 Å². The lowest BCUT2D eigenvalue weighted by Crippen LogP contribution is -2.55. The fourth-order valence-electron chi connectivity index (χ4n) is 2.98. The van der Waals surface area contributed by atoms with E-state index in [1.807, 2.05) is 60.5 Å². The number of aryl methyl sites for hydroxylation is 1. The van der Waals surface area contributed by atoms with Crippen molar-refractivity contribution in [1.29, 1.82) is 0 Å². The van der Waals surface area contributed by atoms with Crippen LogP contribution in [0, 0.1) is 12.7 Å². The average molecular weight is 322 g/mol. The van der Waals surface area contributed by atoms with Crippen LogP contribution in [0.5, 0.6) is 0 Å². The number of hydrogen-bond donors (Lipinski definition) is 1. The molecule has 1 N–H and O–H groups in total. The molecule has 122 valence electrons. The summed E-state index contributed by atoms with van der Waals surface area (Å²) in [6, 6.07) is 14.2. The number of anilines is 1. The van der Waals surface area contributed by atoms with Crippen molar-refractivity contribution in [3.63, 3.8) is 0 Å². The van der Waals surface area contributed by atoms with Gasteiger partial charge in [-0.3, -0.25) is 4.79 Å². The summed E-state index contributed by atoms with van der Waals surface area (Å²) < 4.78 is 13.4. The van der Waals surface area contributed by atoms with E-state index in [1.165, 1.54) is 19.1 Å². The average Bonchev–Trinajstić information content (AvgIpc) is 2.55. The Hall–Kier alpha value is -2.88. The van der Waals surface area contributed by atoms with Gasteiger partial charge in [0.05, 0.1) is 0 Å². The Labute approximate surface area is 141 Å². The zero-order valence-corrected chi connectivity index (χ0v) is 13.7. The van der Waals surface area contributed by atoms with E-state index in [0.29, 0.717) is 0 Å². The van der Waals surface area contributed by atoms with Crippen molar-refractivity contribution in [2.75, 3.05) is 4.90 Å². The second kappa shape index (κ2) is 6.32. The summed E-state index contributed by atoms with van der Waals surface area (Å²) in [6.07, 6.45) is 7.61. The predicted molar refractivity (Wildman–Crippen MR) is 93.8 cm³/mol. The molecule has 2 aromatic rings. The minimum absolute atomic E-state index is 0.170. The van der Waals surface area contributed by atoms with E-state index in [4.69, 9.17) is 0 Å². The third kappa shape index (κ3) is 2.95. The Kier molecular flexibility index (Phi) is 4.21. The smallest absolute Gasteiger partial charge is 0.219 e. The molecule has 0 fully saturated rings. The van der Waals surface area contributed by atoms with Crippen LogP contribution < -0.4 is 10.2 Å². The zero-order chi connectivity index (χ0) is 17.2. The number of amides is 1. The van der Waals surface area contributed by atoms with Crippen LogP contribution in [0.3, 0.4) is 0 Å². The minimum atomic E-state index is -0.901. The molecule has 3 rings (SSSR count). The molecule has 0 aromatic heterocycles.